The van der Waals surface area contributed by atoms with E-state index in [4.69, 9.17) is 4.42 Å². The fourth-order valence-corrected chi connectivity index (χ4v) is 3.91. The molecule has 4 rings (SSSR count). The van der Waals surface area contributed by atoms with Crippen LogP contribution in [0, 0.1) is 0 Å². The van der Waals surface area contributed by atoms with Gasteiger partial charge in [-0.2, -0.15) is 0 Å². The van der Waals surface area contributed by atoms with Crippen molar-refractivity contribution in [3.8, 4) is 22.6 Å². The van der Waals surface area contributed by atoms with Gasteiger partial charge in [-0.1, -0.05) is 0 Å². The maximum Gasteiger partial charge on any atom is 0.203 e. The van der Waals surface area contributed by atoms with Gasteiger partial charge >= 0.3 is 0 Å². The van der Waals surface area contributed by atoms with Crippen molar-refractivity contribution in [3.63, 3.8) is 0 Å². The topological polar surface area (TPSA) is 19.4 Å². The molecule has 0 saturated heterocycles. The van der Waals surface area contributed by atoms with Crippen LogP contribution < -0.4 is 14.8 Å². The second kappa shape index (κ2) is 6.64. The van der Waals surface area contributed by atoms with E-state index in [2.05, 4.69) is 79.9 Å². The molecule has 0 aromatic heterocycles. The first-order valence-corrected chi connectivity index (χ1v) is 9.56. The molecule has 0 bridgehead atoms. The summed E-state index contributed by atoms with van der Waals surface area (Å²) < 4.78 is 8.80. The zero-order chi connectivity index (χ0) is 18.3. The molecular weight excluding hydrogens is 320 g/mol. The molecule has 1 aromatic carbocycles. The number of benzene rings is 2. The van der Waals surface area contributed by atoms with Crippen LogP contribution in [0.25, 0.3) is 22.6 Å². The van der Waals surface area contributed by atoms with Crippen molar-refractivity contribution < 1.29 is 4.42 Å². The summed E-state index contributed by atoms with van der Waals surface area (Å²) in [6, 6.07) is 15.6. The number of nitrogens with zero attached hydrogens (tertiary/aromatic N) is 2. The zero-order valence-corrected chi connectivity index (χ0v) is 16.2. The van der Waals surface area contributed by atoms with Crippen molar-refractivity contribution in [2.24, 2.45) is 0 Å². The van der Waals surface area contributed by atoms with Crippen LogP contribution in [0.2, 0.25) is 0 Å². The largest absolute Gasteiger partial charge is 0.456 e. The highest BCUT2D eigenvalue weighted by Gasteiger charge is 2.22. The van der Waals surface area contributed by atoms with E-state index in [1.165, 1.54) is 33.3 Å². The van der Waals surface area contributed by atoms with Crippen molar-refractivity contribution in [1.82, 2.24) is 4.58 Å². The molecule has 0 radical (unpaired) electrons. The monoisotopic (exact) mass is 347 g/mol. The molecule has 1 aliphatic heterocycles. The molecule has 0 saturated carbocycles. The lowest BCUT2D eigenvalue weighted by atomic mass is 9.88. The summed E-state index contributed by atoms with van der Waals surface area (Å²) >= 11 is 0. The second-order valence-electron chi connectivity index (χ2n) is 7.23. The zero-order valence-electron chi connectivity index (χ0n) is 16.2. The van der Waals surface area contributed by atoms with Crippen LogP contribution in [0.3, 0.4) is 0 Å². The maximum absolute atomic E-state index is 6.45. The predicted octanol–water partition coefficient (Wildman–Crippen LogP) is 4.03. The predicted molar refractivity (Wildman–Crippen MR) is 109 cm³/mol. The third-order valence-electron chi connectivity index (χ3n) is 5.47. The van der Waals surface area contributed by atoms with Crippen molar-refractivity contribution in [2.45, 2.75) is 26.7 Å². The van der Waals surface area contributed by atoms with Crippen molar-refractivity contribution in [3.05, 3.63) is 58.9 Å². The summed E-state index contributed by atoms with van der Waals surface area (Å²) in [7, 11) is 4.18. The number of aryl methyl sites for hydroxylation is 2. The van der Waals surface area contributed by atoms with Gasteiger partial charge in [-0.05, 0) is 68.1 Å². The highest BCUT2D eigenvalue weighted by atomic mass is 16.3. The summed E-state index contributed by atoms with van der Waals surface area (Å²) in [4.78, 5) is 2.16. The van der Waals surface area contributed by atoms with Crippen molar-refractivity contribution in [2.75, 3.05) is 32.1 Å². The molecule has 134 valence electrons. The normalized spacial score (nSPS) is 12.6. The third-order valence-corrected chi connectivity index (χ3v) is 5.47. The molecule has 3 aliphatic rings. The molecule has 0 atom stereocenters. The first-order valence-electron chi connectivity index (χ1n) is 9.56. The van der Waals surface area contributed by atoms with Crippen LogP contribution in [0.1, 0.15) is 25.0 Å². The molecule has 0 amide bonds. The first-order chi connectivity index (χ1) is 12.6. The summed E-state index contributed by atoms with van der Waals surface area (Å²) in [6.07, 6.45) is 2.11. The van der Waals surface area contributed by atoms with Gasteiger partial charge in [0, 0.05) is 37.0 Å². The molecule has 3 heteroatoms. The Morgan fingerprint density at radius 2 is 1.69 bits per heavy atom. The Kier molecular flexibility index (Phi) is 4.31. The van der Waals surface area contributed by atoms with E-state index in [-0.39, 0.29) is 0 Å². The van der Waals surface area contributed by atoms with Gasteiger partial charge in [0.2, 0.25) is 5.36 Å². The van der Waals surface area contributed by atoms with Crippen molar-refractivity contribution in [1.29, 1.82) is 0 Å². The highest BCUT2D eigenvalue weighted by molar-refractivity contribution is 5.74. The van der Waals surface area contributed by atoms with Gasteiger partial charge in [0.25, 0.3) is 0 Å². The second-order valence-corrected chi connectivity index (χ2v) is 7.23. The van der Waals surface area contributed by atoms with Gasteiger partial charge in [-0.25, -0.2) is 4.58 Å². The molecule has 1 heterocycles. The van der Waals surface area contributed by atoms with Gasteiger partial charge < -0.3 is 9.32 Å². The summed E-state index contributed by atoms with van der Waals surface area (Å²) in [6.45, 7) is 6.39. The lowest BCUT2D eigenvalue weighted by molar-refractivity contribution is 0.563. The van der Waals surface area contributed by atoms with E-state index in [0.29, 0.717) is 0 Å². The van der Waals surface area contributed by atoms with E-state index in [9.17, 15) is 0 Å². The summed E-state index contributed by atoms with van der Waals surface area (Å²) in [5.74, 6) is 2.01. The minimum atomic E-state index is 0.970. The smallest absolute Gasteiger partial charge is 0.203 e. The third kappa shape index (κ3) is 2.82. The molecule has 0 N–H and O–H groups in total. The Hall–Kier alpha value is -2.55. The van der Waals surface area contributed by atoms with E-state index in [1.54, 1.807) is 0 Å². The Labute approximate surface area is 155 Å². The van der Waals surface area contributed by atoms with Gasteiger partial charge in [0.15, 0.2) is 0 Å². The highest BCUT2D eigenvalue weighted by Crippen LogP contribution is 2.39. The number of anilines is 1. The SMILES string of the molecule is CC[N+](CC)=c1ccc2cc3c(oc-2c1)-c1ccc(N(C)C)cc1CC3. The van der Waals surface area contributed by atoms with Crippen LogP contribution in [-0.2, 0) is 12.8 Å². The molecule has 3 nitrogen and oxygen atoms in total. The standard InChI is InChI=1S/C23H27N2O/c1-5-25(6-2)20-10-9-17-13-18-8-7-16-14-19(24(3)4)11-12-21(16)23(18)26-22(17)15-20/h9-15H,5-8H2,1-4H3/q+1. The molecule has 0 unspecified atom stereocenters. The maximum atomic E-state index is 6.45. The van der Waals surface area contributed by atoms with Crippen LogP contribution in [-0.4, -0.2) is 27.2 Å². The lowest BCUT2D eigenvalue weighted by Gasteiger charge is -2.23. The average Bonchev–Trinajstić information content (AvgIpc) is 2.66. The van der Waals surface area contributed by atoms with Gasteiger partial charge in [0.05, 0.1) is 6.07 Å². The minimum Gasteiger partial charge on any atom is -0.456 e. The fraction of sp³-hybridized carbons (Fsp3) is 0.348. The van der Waals surface area contributed by atoms with E-state index in [1.807, 2.05) is 0 Å². The average molecular weight is 347 g/mol. The molecule has 0 fully saturated rings. The molecule has 0 spiro atoms. The molecule has 26 heavy (non-hydrogen) atoms. The van der Waals surface area contributed by atoms with Crippen LogP contribution in [0.4, 0.5) is 5.69 Å². The number of hydrogen-bond acceptors (Lipinski definition) is 2. The van der Waals surface area contributed by atoms with Gasteiger partial charge in [-0.3, -0.25) is 0 Å². The van der Waals surface area contributed by atoms with Crippen LogP contribution in [0.5, 0.6) is 0 Å². The summed E-state index contributed by atoms with van der Waals surface area (Å²) in [5.41, 5.74) is 6.38. The molecule has 2 aliphatic carbocycles. The Morgan fingerprint density at radius 3 is 2.42 bits per heavy atom. The Bertz CT molecular complexity index is 991. The molecule has 1 aromatic rings. The van der Waals surface area contributed by atoms with Crippen LogP contribution >= 0.6 is 0 Å². The fourth-order valence-electron chi connectivity index (χ4n) is 3.91. The number of rotatable bonds is 3. The Balaban J connectivity index is 1.90. The van der Waals surface area contributed by atoms with E-state index < -0.39 is 0 Å². The quantitative estimate of drug-likeness (QED) is 0.667. The first kappa shape index (κ1) is 16.9. The number of fused-ring (bicyclic) bond motifs is 4. The minimum absolute atomic E-state index is 0.970. The van der Waals surface area contributed by atoms with Crippen LogP contribution in [0.15, 0.2) is 46.9 Å². The number of hydrogen-bond donors (Lipinski definition) is 0. The van der Waals surface area contributed by atoms with Gasteiger partial charge in [-0.15, -0.1) is 0 Å². The molecular formula is C23H27N2O+. The van der Waals surface area contributed by atoms with E-state index >= 15 is 0 Å². The lowest BCUT2D eigenvalue weighted by Crippen LogP contribution is -2.29. The van der Waals surface area contributed by atoms with E-state index in [0.717, 1.165) is 37.5 Å². The van der Waals surface area contributed by atoms with Crippen molar-refractivity contribution >= 4 is 5.69 Å². The summed E-state index contributed by atoms with van der Waals surface area (Å²) in [5, 5.41) is 1.23. The van der Waals surface area contributed by atoms with Gasteiger partial charge in [0.1, 0.15) is 24.6 Å². The Morgan fingerprint density at radius 1 is 0.923 bits per heavy atom.